The van der Waals surface area contributed by atoms with Crippen molar-refractivity contribution in [1.29, 1.82) is 0 Å². The molecule has 0 atom stereocenters. The Morgan fingerprint density at radius 3 is 2.93 bits per heavy atom. The topological polar surface area (TPSA) is 25.4 Å². The molecule has 1 aromatic heterocycles. The summed E-state index contributed by atoms with van der Waals surface area (Å²) in [6, 6.07) is 1.96. The van der Waals surface area contributed by atoms with Gasteiger partial charge >= 0.3 is 0 Å². The lowest BCUT2D eigenvalue weighted by Crippen LogP contribution is -2.29. The Morgan fingerprint density at radius 1 is 1.53 bits per heavy atom. The molecule has 0 fully saturated rings. The fourth-order valence-corrected chi connectivity index (χ4v) is 1.99. The number of aromatic nitrogens is 1. The molecule has 0 radical (unpaired) electrons. The van der Waals surface area contributed by atoms with E-state index >= 15 is 0 Å². The smallest absolute Gasteiger partial charge is 0.0637 e. The minimum atomic E-state index is 0.596. The van der Waals surface area contributed by atoms with Gasteiger partial charge in [0.25, 0.3) is 0 Å². The highest BCUT2D eigenvalue weighted by atomic mass is 79.9. The number of rotatable bonds is 6. The zero-order valence-corrected chi connectivity index (χ0v) is 11.0. The lowest BCUT2D eigenvalue weighted by atomic mass is 10.3. The highest BCUT2D eigenvalue weighted by Gasteiger charge is 2.08. The van der Waals surface area contributed by atoms with E-state index < -0.39 is 0 Å². The molecule has 5 heteroatoms. The molecule has 0 amide bonds. The Kier molecular flexibility index (Phi) is 5.98. The molecule has 0 bridgehead atoms. The van der Waals surface area contributed by atoms with Crippen molar-refractivity contribution in [1.82, 2.24) is 4.98 Å². The van der Waals surface area contributed by atoms with E-state index in [2.05, 4.69) is 25.8 Å². The standard InChI is InChI=1S/C10H14BrClN2O/c1-15-7-6-14(5-3-12)10-2-4-13-8-9(10)11/h2,4,8H,3,5-7H2,1H3. The number of methoxy groups -OCH3 is 1. The van der Waals surface area contributed by atoms with Crippen LogP contribution in [0.25, 0.3) is 0 Å². The van der Waals surface area contributed by atoms with Gasteiger partial charge in [0, 0.05) is 38.5 Å². The van der Waals surface area contributed by atoms with Gasteiger partial charge in [-0.25, -0.2) is 0 Å². The van der Waals surface area contributed by atoms with Crippen molar-refractivity contribution in [2.75, 3.05) is 37.6 Å². The monoisotopic (exact) mass is 292 g/mol. The maximum absolute atomic E-state index is 5.76. The Balaban J connectivity index is 2.74. The van der Waals surface area contributed by atoms with Crippen LogP contribution < -0.4 is 4.90 Å². The van der Waals surface area contributed by atoms with Gasteiger partial charge in [-0.3, -0.25) is 4.98 Å². The number of pyridine rings is 1. The van der Waals surface area contributed by atoms with E-state index in [4.69, 9.17) is 16.3 Å². The third-order valence-corrected chi connectivity index (χ3v) is 2.79. The molecule has 1 heterocycles. The molecule has 1 aromatic rings. The summed E-state index contributed by atoms with van der Waals surface area (Å²) in [5.41, 5.74) is 1.10. The second-order valence-electron chi connectivity index (χ2n) is 3.00. The summed E-state index contributed by atoms with van der Waals surface area (Å²) in [4.78, 5) is 6.20. The largest absolute Gasteiger partial charge is 0.383 e. The molecule has 0 unspecified atom stereocenters. The quantitative estimate of drug-likeness (QED) is 0.754. The maximum Gasteiger partial charge on any atom is 0.0637 e. The molecule has 1 rings (SSSR count). The maximum atomic E-state index is 5.76. The summed E-state index contributed by atoms with van der Waals surface area (Å²) in [5, 5.41) is 0. The highest BCUT2D eigenvalue weighted by molar-refractivity contribution is 9.10. The van der Waals surface area contributed by atoms with Gasteiger partial charge < -0.3 is 9.64 Å². The third-order valence-electron chi connectivity index (χ3n) is 2.01. The zero-order valence-electron chi connectivity index (χ0n) is 8.62. The van der Waals surface area contributed by atoms with Crippen LogP contribution in [0.3, 0.4) is 0 Å². The SMILES string of the molecule is COCCN(CCCl)c1ccncc1Br. The Labute approximate surface area is 104 Å². The van der Waals surface area contributed by atoms with Crippen molar-refractivity contribution >= 4 is 33.2 Å². The summed E-state index contributed by atoms with van der Waals surface area (Å²) in [6.45, 7) is 2.31. The van der Waals surface area contributed by atoms with Gasteiger partial charge in [-0.2, -0.15) is 0 Å². The van der Waals surface area contributed by atoms with Crippen LogP contribution in [0.15, 0.2) is 22.9 Å². The van der Waals surface area contributed by atoms with Crippen molar-refractivity contribution in [3.8, 4) is 0 Å². The number of anilines is 1. The number of hydrogen-bond acceptors (Lipinski definition) is 3. The first kappa shape index (κ1) is 12.7. The van der Waals surface area contributed by atoms with Crippen LogP contribution in [0.4, 0.5) is 5.69 Å². The Hall–Kier alpha value is -0.320. The van der Waals surface area contributed by atoms with Gasteiger partial charge in [-0.15, -0.1) is 11.6 Å². The predicted molar refractivity (Wildman–Crippen MR) is 66.7 cm³/mol. The Bertz CT molecular complexity index is 299. The second kappa shape index (κ2) is 7.04. The average molecular weight is 294 g/mol. The molecule has 0 aliphatic carbocycles. The fourth-order valence-electron chi connectivity index (χ4n) is 1.28. The van der Waals surface area contributed by atoms with Gasteiger partial charge in [0.05, 0.1) is 16.8 Å². The van der Waals surface area contributed by atoms with Gasteiger partial charge in [0.2, 0.25) is 0 Å². The van der Waals surface area contributed by atoms with Crippen LogP contribution in [0.5, 0.6) is 0 Å². The molecule has 0 N–H and O–H groups in total. The average Bonchev–Trinajstić information content (AvgIpc) is 2.25. The number of alkyl halides is 1. The summed E-state index contributed by atoms with van der Waals surface area (Å²) in [6.07, 6.45) is 3.55. The van der Waals surface area contributed by atoms with Crippen LogP contribution >= 0.6 is 27.5 Å². The molecule has 0 aromatic carbocycles. The number of ether oxygens (including phenoxy) is 1. The van der Waals surface area contributed by atoms with Crippen molar-refractivity contribution in [2.45, 2.75) is 0 Å². The zero-order chi connectivity index (χ0) is 11.1. The van der Waals surface area contributed by atoms with Crippen molar-refractivity contribution < 1.29 is 4.74 Å². The minimum absolute atomic E-state index is 0.596. The molecule has 3 nitrogen and oxygen atoms in total. The predicted octanol–water partition coefficient (Wildman–Crippen LogP) is 2.54. The van der Waals surface area contributed by atoms with E-state index in [1.54, 1.807) is 19.5 Å². The van der Waals surface area contributed by atoms with Crippen LogP contribution in [0.2, 0.25) is 0 Å². The van der Waals surface area contributed by atoms with E-state index in [1.807, 2.05) is 6.07 Å². The Morgan fingerprint density at radius 2 is 2.33 bits per heavy atom. The summed E-state index contributed by atoms with van der Waals surface area (Å²) in [7, 11) is 1.69. The van der Waals surface area contributed by atoms with Crippen LogP contribution in [0.1, 0.15) is 0 Å². The van der Waals surface area contributed by atoms with Crippen molar-refractivity contribution in [2.24, 2.45) is 0 Å². The molecular weight excluding hydrogens is 279 g/mol. The molecule has 0 spiro atoms. The summed E-state index contributed by atoms with van der Waals surface area (Å²) < 4.78 is 6.04. The number of hydrogen-bond donors (Lipinski definition) is 0. The normalized spacial score (nSPS) is 10.3. The molecule has 15 heavy (non-hydrogen) atoms. The molecule has 0 saturated carbocycles. The summed E-state index contributed by atoms with van der Waals surface area (Å²) in [5.74, 6) is 0.596. The van der Waals surface area contributed by atoms with E-state index in [9.17, 15) is 0 Å². The third kappa shape index (κ3) is 3.97. The highest BCUT2D eigenvalue weighted by Crippen LogP contribution is 2.24. The van der Waals surface area contributed by atoms with Crippen LogP contribution in [0, 0.1) is 0 Å². The van der Waals surface area contributed by atoms with E-state index in [0.29, 0.717) is 12.5 Å². The molecular formula is C10H14BrClN2O. The fraction of sp³-hybridized carbons (Fsp3) is 0.500. The van der Waals surface area contributed by atoms with E-state index in [1.165, 1.54) is 0 Å². The molecule has 0 saturated heterocycles. The van der Waals surface area contributed by atoms with Gasteiger partial charge in [0.15, 0.2) is 0 Å². The minimum Gasteiger partial charge on any atom is -0.383 e. The van der Waals surface area contributed by atoms with Gasteiger partial charge in [0.1, 0.15) is 0 Å². The van der Waals surface area contributed by atoms with E-state index in [0.717, 1.165) is 23.2 Å². The lowest BCUT2D eigenvalue weighted by molar-refractivity contribution is 0.205. The molecule has 0 aliphatic rings. The molecule has 84 valence electrons. The second-order valence-corrected chi connectivity index (χ2v) is 4.23. The van der Waals surface area contributed by atoms with E-state index in [-0.39, 0.29) is 0 Å². The first-order valence-corrected chi connectivity index (χ1v) is 6.01. The summed E-state index contributed by atoms with van der Waals surface area (Å²) >= 11 is 9.23. The van der Waals surface area contributed by atoms with Crippen molar-refractivity contribution in [3.63, 3.8) is 0 Å². The number of halogens is 2. The lowest BCUT2D eigenvalue weighted by Gasteiger charge is -2.24. The number of nitrogens with zero attached hydrogens (tertiary/aromatic N) is 2. The molecule has 0 aliphatic heterocycles. The first-order valence-electron chi connectivity index (χ1n) is 4.69. The van der Waals surface area contributed by atoms with Gasteiger partial charge in [-0.1, -0.05) is 0 Å². The first-order chi connectivity index (χ1) is 7.29. The van der Waals surface area contributed by atoms with Crippen molar-refractivity contribution in [3.05, 3.63) is 22.9 Å². The van der Waals surface area contributed by atoms with Crippen LogP contribution in [-0.4, -0.2) is 37.7 Å². The van der Waals surface area contributed by atoms with Crippen LogP contribution in [-0.2, 0) is 4.74 Å². The van der Waals surface area contributed by atoms with Gasteiger partial charge in [-0.05, 0) is 22.0 Å².